The minimum atomic E-state index is -3.22. The third kappa shape index (κ3) is 3.14. The molecule has 0 amide bonds. The van der Waals surface area contributed by atoms with E-state index in [2.05, 4.69) is 5.32 Å². The molecule has 0 aromatic rings. The Balaban J connectivity index is 1.64. The summed E-state index contributed by atoms with van der Waals surface area (Å²) in [5.74, 6) is 1.25. The average Bonchev–Trinajstić information content (AvgIpc) is 2.93. The maximum Gasteiger partial charge on any atom is 0.282 e. The molecule has 3 fully saturated rings. The molecule has 2 saturated heterocycles. The molecule has 21 heavy (non-hydrogen) atoms. The molecule has 2 heterocycles. The molecule has 122 valence electrons. The number of rotatable bonds is 4. The van der Waals surface area contributed by atoms with Crippen LogP contribution in [0.5, 0.6) is 0 Å². The van der Waals surface area contributed by atoms with Gasteiger partial charge < -0.3 is 5.32 Å². The highest BCUT2D eigenvalue weighted by Gasteiger charge is 2.44. The van der Waals surface area contributed by atoms with Crippen molar-refractivity contribution in [3.63, 3.8) is 0 Å². The first-order valence-electron chi connectivity index (χ1n) is 8.54. The van der Waals surface area contributed by atoms with Crippen LogP contribution in [0.25, 0.3) is 0 Å². The van der Waals surface area contributed by atoms with E-state index in [4.69, 9.17) is 0 Å². The molecule has 0 spiro atoms. The predicted octanol–water partition coefficient (Wildman–Crippen LogP) is 1.43. The monoisotopic (exact) mass is 315 g/mol. The van der Waals surface area contributed by atoms with E-state index in [1.54, 1.807) is 4.31 Å². The lowest BCUT2D eigenvalue weighted by Gasteiger charge is -2.37. The molecule has 5 nitrogen and oxygen atoms in total. The Morgan fingerprint density at radius 2 is 1.71 bits per heavy atom. The molecule has 6 heteroatoms. The Kier molecular flexibility index (Phi) is 4.88. The first kappa shape index (κ1) is 15.7. The maximum atomic E-state index is 12.9. The van der Waals surface area contributed by atoms with Gasteiger partial charge in [0.1, 0.15) is 0 Å². The number of nitrogens with one attached hydrogen (secondary N) is 1. The normalized spacial score (nSPS) is 33.2. The second kappa shape index (κ2) is 6.52. The van der Waals surface area contributed by atoms with Crippen molar-refractivity contribution in [2.75, 3.05) is 33.2 Å². The van der Waals surface area contributed by atoms with Gasteiger partial charge in [-0.15, -0.1) is 0 Å². The van der Waals surface area contributed by atoms with Crippen molar-refractivity contribution in [1.82, 2.24) is 13.9 Å². The molecule has 2 unspecified atom stereocenters. The lowest BCUT2D eigenvalue weighted by Crippen LogP contribution is -2.50. The van der Waals surface area contributed by atoms with Crippen LogP contribution in [0.2, 0.25) is 0 Å². The van der Waals surface area contributed by atoms with E-state index in [-0.39, 0.29) is 0 Å². The second-order valence-corrected chi connectivity index (χ2v) is 8.80. The van der Waals surface area contributed by atoms with E-state index in [0.717, 1.165) is 38.8 Å². The van der Waals surface area contributed by atoms with Crippen LogP contribution in [0.15, 0.2) is 0 Å². The summed E-state index contributed by atoms with van der Waals surface area (Å²) in [6, 6.07) is 0.291. The standard InChI is InChI=1S/C15H29N3O2S/c1-16-12-13-6-9-17(10-7-13)21(19,20)18-11-8-14-4-2-3-5-15(14)18/h13-16H,2-12H2,1H3. The summed E-state index contributed by atoms with van der Waals surface area (Å²) < 4.78 is 29.5. The van der Waals surface area contributed by atoms with Crippen molar-refractivity contribution >= 4 is 10.2 Å². The summed E-state index contributed by atoms with van der Waals surface area (Å²) in [5.41, 5.74) is 0. The fraction of sp³-hybridized carbons (Fsp3) is 1.00. The van der Waals surface area contributed by atoms with E-state index in [9.17, 15) is 8.42 Å². The summed E-state index contributed by atoms with van der Waals surface area (Å²) in [6.07, 6.45) is 7.81. The fourth-order valence-corrected chi connectivity index (χ4v) is 6.36. The van der Waals surface area contributed by atoms with Crippen molar-refractivity contribution in [2.45, 2.75) is 51.0 Å². The summed E-state index contributed by atoms with van der Waals surface area (Å²) in [5, 5.41) is 3.20. The van der Waals surface area contributed by atoms with Gasteiger partial charge in [-0.05, 0) is 57.5 Å². The van der Waals surface area contributed by atoms with Crippen molar-refractivity contribution in [3.05, 3.63) is 0 Å². The Hall–Kier alpha value is -0.170. The van der Waals surface area contributed by atoms with Crippen LogP contribution < -0.4 is 5.32 Å². The molecule has 1 aliphatic carbocycles. The van der Waals surface area contributed by atoms with Gasteiger partial charge in [0.05, 0.1) is 0 Å². The van der Waals surface area contributed by atoms with Gasteiger partial charge in [-0.3, -0.25) is 0 Å². The zero-order valence-corrected chi connectivity index (χ0v) is 13.9. The minimum Gasteiger partial charge on any atom is -0.319 e. The molecule has 0 aromatic heterocycles. The zero-order valence-electron chi connectivity index (χ0n) is 13.1. The largest absolute Gasteiger partial charge is 0.319 e. The highest BCUT2D eigenvalue weighted by molar-refractivity contribution is 7.86. The van der Waals surface area contributed by atoms with Gasteiger partial charge in [-0.25, -0.2) is 0 Å². The van der Waals surface area contributed by atoms with Crippen LogP contribution in [-0.4, -0.2) is 56.3 Å². The summed E-state index contributed by atoms with van der Waals surface area (Å²) in [4.78, 5) is 0. The molecular formula is C15H29N3O2S. The molecule has 3 rings (SSSR count). The fourth-order valence-electron chi connectivity index (χ4n) is 4.43. The predicted molar refractivity (Wildman–Crippen MR) is 84.2 cm³/mol. The van der Waals surface area contributed by atoms with E-state index in [1.165, 1.54) is 19.3 Å². The molecule has 0 radical (unpaired) electrons. The van der Waals surface area contributed by atoms with Crippen LogP contribution in [0, 0.1) is 11.8 Å². The van der Waals surface area contributed by atoms with Crippen molar-refractivity contribution < 1.29 is 8.42 Å². The maximum absolute atomic E-state index is 12.9. The minimum absolute atomic E-state index is 0.291. The molecule has 3 aliphatic rings. The molecule has 2 aliphatic heterocycles. The SMILES string of the molecule is CNCC1CCN(S(=O)(=O)N2CCC3CCCCC32)CC1. The van der Waals surface area contributed by atoms with E-state index in [0.29, 0.717) is 31.0 Å². The third-order valence-corrected chi connectivity index (χ3v) is 7.71. The molecule has 0 aromatic carbocycles. The van der Waals surface area contributed by atoms with Gasteiger partial charge in [0.25, 0.3) is 10.2 Å². The third-order valence-electron chi connectivity index (χ3n) is 5.65. The number of piperidine rings is 1. The highest BCUT2D eigenvalue weighted by atomic mass is 32.2. The first-order valence-corrected chi connectivity index (χ1v) is 9.94. The van der Waals surface area contributed by atoms with Crippen molar-refractivity contribution in [1.29, 1.82) is 0 Å². The van der Waals surface area contributed by atoms with Crippen LogP contribution in [0.4, 0.5) is 0 Å². The lowest BCUT2D eigenvalue weighted by atomic mass is 9.86. The number of nitrogens with zero attached hydrogens (tertiary/aromatic N) is 2. The van der Waals surface area contributed by atoms with Crippen LogP contribution in [0.3, 0.4) is 0 Å². The quantitative estimate of drug-likeness (QED) is 0.854. The van der Waals surface area contributed by atoms with E-state index >= 15 is 0 Å². The Morgan fingerprint density at radius 1 is 1.00 bits per heavy atom. The molecule has 0 bridgehead atoms. The van der Waals surface area contributed by atoms with Crippen LogP contribution in [0.1, 0.15) is 44.9 Å². The van der Waals surface area contributed by atoms with Crippen LogP contribution in [-0.2, 0) is 10.2 Å². The second-order valence-electron chi connectivity index (χ2n) is 6.92. The number of hydrogen-bond donors (Lipinski definition) is 1. The lowest BCUT2D eigenvalue weighted by molar-refractivity contribution is 0.223. The topological polar surface area (TPSA) is 52.7 Å². The molecular weight excluding hydrogens is 286 g/mol. The summed E-state index contributed by atoms with van der Waals surface area (Å²) >= 11 is 0. The number of hydrogen-bond acceptors (Lipinski definition) is 3. The van der Waals surface area contributed by atoms with Crippen molar-refractivity contribution in [3.8, 4) is 0 Å². The Bertz CT molecular complexity index is 446. The first-order chi connectivity index (χ1) is 10.1. The van der Waals surface area contributed by atoms with Gasteiger partial charge in [0, 0.05) is 25.7 Å². The van der Waals surface area contributed by atoms with Gasteiger partial charge in [-0.1, -0.05) is 12.8 Å². The summed E-state index contributed by atoms with van der Waals surface area (Å²) in [7, 11) is -1.26. The molecule has 1 saturated carbocycles. The van der Waals surface area contributed by atoms with Crippen LogP contribution >= 0.6 is 0 Å². The van der Waals surface area contributed by atoms with E-state index in [1.807, 2.05) is 11.4 Å². The van der Waals surface area contributed by atoms with Gasteiger partial charge in [0.2, 0.25) is 0 Å². The molecule has 1 N–H and O–H groups in total. The van der Waals surface area contributed by atoms with E-state index < -0.39 is 10.2 Å². The number of fused-ring (bicyclic) bond motifs is 1. The molecule has 2 atom stereocenters. The smallest absolute Gasteiger partial charge is 0.282 e. The Morgan fingerprint density at radius 3 is 2.43 bits per heavy atom. The zero-order chi connectivity index (χ0) is 14.9. The summed E-state index contributed by atoms with van der Waals surface area (Å²) in [6.45, 7) is 3.14. The highest BCUT2D eigenvalue weighted by Crippen LogP contribution is 2.38. The van der Waals surface area contributed by atoms with Gasteiger partial charge in [0.15, 0.2) is 0 Å². The van der Waals surface area contributed by atoms with Gasteiger partial charge in [-0.2, -0.15) is 17.0 Å². The Labute approximate surface area is 129 Å². The average molecular weight is 315 g/mol. The van der Waals surface area contributed by atoms with Gasteiger partial charge >= 0.3 is 0 Å². The van der Waals surface area contributed by atoms with Crippen molar-refractivity contribution in [2.24, 2.45) is 11.8 Å².